The van der Waals surface area contributed by atoms with Crippen LogP contribution in [0.15, 0.2) is 36.4 Å². The lowest BCUT2D eigenvalue weighted by atomic mass is 9.48. The Labute approximate surface area is 218 Å². The molecule has 1 unspecified atom stereocenters. The molecule has 198 valence electrons. The van der Waals surface area contributed by atoms with Gasteiger partial charge in [0.25, 0.3) is 5.69 Å². The first-order valence-corrected chi connectivity index (χ1v) is 13.2. The van der Waals surface area contributed by atoms with Gasteiger partial charge in [-0.15, -0.1) is 0 Å². The first-order valence-electron chi connectivity index (χ1n) is 13.2. The van der Waals surface area contributed by atoms with Crippen LogP contribution in [0.25, 0.3) is 0 Å². The number of aliphatic hydroxyl groups is 1. The van der Waals surface area contributed by atoms with E-state index < -0.39 is 28.2 Å². The minimum absolute atomic E-state index is 0.0322. The Morgan fingerprint density at radius 1 is 1.18 bits per heavy atom. The van der Waals surface area contributed by atoms with Gasteiger partial charge in [0.05, 0.1) is 30.5 Å². The van der Waals surface area contributed by atoms with Crippen LogP contribution in [0, 0.1) is 16.0 Å². The van der Waals surface area contributed by atoms with Crippen molar-refractivity contribution in [2.24, 2.45) is 5.92 Å². The topological polar surface area (TPSA) is 125 Å². The summed E-state index contributed by atoms with van der Waals surface area (Å²) in [6.07, 6.45) is 2.59. The second-order valence-electron chi connectivity index (χ2n) is 11.8. The molecule has 2 aromatic carbocycles. The fraction of sp³-hybridized carbons (Fsp3) is 0.500. The van der Waals surface area contributed by atoms with Crippen molar-refractivity contribution in [2.75, 3.05) is 20.1 Å². The van der Waals surface area contributed by atoms with E-state index >= 15 is 0 Å². The molecule has 3 fully saturated rings. The quantitative estimate of drug-likeness (QED) is 0.209. The molecule has 5 atom stereocenters. The van der Waals surface area contributed by atoms with Crippen LogP contribution >= 0.6 is 0 Å². The molecule has 1 N–H and O–H groups in total. The van der Waals surface area contributed by atoms with E-state index in [1.807, 2.05) is 6.07 Å². The molecule has 2 aliphatic heterocycles. The van der Waals surface area contributed by atoms with Gasteiger partial charge in [-0.1, -0.05) is 6.07 Å². The first-order chi connectivity index (χ1) is 18.1. The number of quaternary nitrogens is 1. The molecule has 2 heterocycles. The molecule has 5 aliphatic rings. The summed E-state index contributed by atoms with van der Waals surface area (Å²) in [4.78, 5) is 36.2. The van der Waals surface area contributed by atoms with Crippen LogP contribution < -0.4 is 14.2 Å². The lowest BCUT2D eigenvalue weighted by Crippen LogP contribution is -2.80. The Bertz CT molecular complexity index is 1390. The number of ether oxygens (including phenoxy) is 3. The second-order valence-corrected chi connectivity index (χ2v) is 11.8. The number of carbonyl (C=O) groups excluding carboxylic acids is 2. The molecule has 2 aromatic rings. The first kappa shape index (κ1) is 23.6. The number of hydrogen-bond acceptors (Lipinski definition) is 8. The largest absolute Gasteiger partial charge is 0.519 e. The summed E-state index contributed by atoms with van der Waals surface area (Å²) in [6.45, 7) is 1.89. The smallest absolute Gasteiger partial charge is 0.477 e. The minimum atomic E-state index is -1.09. The fourth-order valence-electron chi connectivity index (χ4n) is 7.85. The maximum atomic E-state index is 13.2. The Morgan fingerprint density at radius 2 is 1.95 bits per heavy atom. The van der Waals surface area contributed by atoms with Crippen LogP contribution in [-0.4, -0.2) is 64.3 Å². The molecule has 0 amide bonds. The summed E-state index contributed by atoms with van der Waals surface area (Å²) in [5, 5.41) is 23.4. The van der Waals surface area contributed by atoms with Crippen molar-refractivity contribution >= 4 is 17.6 Å². The average molecular weight is 522 g/mol. The summed E-state index contributed by atoms with van der Waals surface area (Å²) in [5.41, 5.74) is -0.253. The van der Waals surface area contributed by atoms with E-state index in [-0.39, 0.29) is 35.4 Å². The zero-order valence-corrected chi connectivity index (χ0v) is 21.1. The van der Waals surface area contributed by atoms with Crippen LogP contribution in [0.3, 0.4) is 0 Å². The van der Waals surface area contributed by atoms with E-state index in [1.165, 1.54) is 37.1 Å². The van der Waals surface area contributed by atoms with E-state index in [4.69, 9.17) is 14.2 Å². The minimum Gasteiger partial charge on any atom is -0.477 e. The van der Waals surface area contributed by atoms with Gasteiger partial charge >= 0.3 is 6.16 Å². The predicted octanol–water partition coefficient (Wildman–Crippen LogP) is 3.45. The number of piperidine rings is 1. The summed E-state index contributed by atoms with van der Waals surface area (Å²) >= 11 is 0. The molecule has 0 radical (unpaired) electrons. The highest BCUT2D eigenvalue weighted by Crippen LogP contribution is 2.66. The van der Waals surface area contributed by atoms with E-state index in [0.29, 0.717) is 30.9 Å². The molecule has 10 heteroatoms. The lowest BCUT2D eigenvalue weighted by Gasteiger charge is -2.64. The molecular formula is C28H29N2O8+. The Hall–Kier alpha value is -3.50. The highest BCUT2D eigenvalue weighted by Gasteiger charge is 2.76. The van der Waals surface area contributed by atoms with Crippen molar-refractivity contribution in [1.82, 2.24) is 0 Å². The van der Waals surface area contributed by atoms with Crippen molar-refractivity contribution in [3.05, 3.63) is 57.6 Å². The molecular weight excluding hydrogens is 492 g/mol. The number of likely N-dealkylation sites (N-methyl/N-ethyl adjacent to an activating group) is 1. The van der Waals surface area contributed by atoms with Gasteiger partial charge in [-0.3, -0.25) is 14.9 Å². The standard InChI is InChI=1S/C28H29N2O8/c1-30(15-16-2-3-16)13-12-27-23-17-4-9-21(37-26(32)36-19-7-5-18(6-8-19)29(34)35)24(23)38-25(27)20(31)10-11-28(27,33)22(30)14-17/h4-9,16,22,25,33H,2-3,10-15H2,1H3/q+1/t22?,25-,27-,28+,30-/m0/s1. The van der Waals surface area contributed by atoms with Crippen LogP contribution in [0.5, 0.6) is 17.2 Å². The zero-order valence-electron chi connectivity index (χ0n) is 21.1. The number of non-ortho nitro benzene ring substituents is 1. The molecule has 38 heavy (non-hydrogen) atoms. The summed E-state index contributed by atoms with van der Waals surface area (Å²) in [7, 11) is 2.26. The van der Waals surface area contributed by atoms with Crippen LogP contribution in [0.2, 0.25) is 0 Å². The van der Waals surface area contributed by atoms with Crippen molar-refractivity contribution in [2.45, 2.75) is 61.7 Å². The van der Waals surface area contributed by atoms with Gasteiger partial charge in [0.2, 0.25) is 0 Å². The third-order valence-electron chi connectivity index (χ3n) is 9.70. The van der Waals surface area contributed by atoms with E-state index in [9.17, 15) is 24.8 Å². The Balaban J connectivity index is 1.24. The third kappa shape index (κ3) is 3.13. The summed E-state index contributed by atoms with van der Waals surface area (Å²) < 4.78 is 17.9. The number of hydrogen-bond donors (Lipinski definition) is 1. The second kappa shape index (κ2) is 7.77. The molecule has 10 nitrogen and oxygen atoms in total. The van der Waals surface area contributed by atoms with Gasteiger partial charge in [0.15, 0.2) is 23.4 Å². The van der Waals surface area contributed by atoms with Crippen molar-refractivity contribution in [1.29, 1.82) is 0 Å². The number of rotatable bonds is 5. The van der Waals surface area contributed by atoms with Crippen molar-refractivity contribution in [3.63, 3.8) is 0 Å². The molecule has 3 aliphatic carbocycles. The van der Waals surface area contributed by atoms with Gasteiger partial charge in [-0.25, -0.2) is 4.79 Å². The fourth-order valence-corrected chi connectivity index (χ4v) is 7.85. The molecule has 7 rings (SSSR count). The monoisotopic (exact) mass is 521 g/mol. The third-order valence-corrected chi connectivity index (χ3v) is 9.70. The maximum absolute atomic E-state index is 13.2. The lowest BCUT2D eigenvalue weighted by molar-refractivity contribution is -0.950. The zero-order chi connectivity index (χ0) is 26.4. The molecule has 2 saturated carbocycles. The number of carbonyl (C=O) groups is 2. The van der Waals surface area contributed by atoms with Gasteiger partial charge in [0.1, 0.15) is 17.4 Å². The van der Waals surface area contributed by atoms with E-state index in [1.54, 1.807) is 6.07 Å². The number of nitro benzene ring substituents is 1. The molecule has 1 saturated heterocycles. The average Bonchev–Trinajstić information content (AvgIpc) is 3.61. The number of nitro groups is 1. The predicted molar refractivity (Wildman–Crippen MR) is 132 cm³/mol. The van der Waals surface area contributed by atoms with Crippen LogP contribution in [0.1, 0.15) is 43.2 Å². The number of benzene rings is 2. The normalized spacial score (nSPS) is 34.2. The van der Waals surface area contributed by atoms with E-state index in [0.717, 1.165) is 28.7 Å². The van der Waals surface area contributed by atoms with Gasteiger partial charge < -0.3 is 23.8 Å². The van der Waals surface area contributed by atoms with Crippen molar-refractivity contribution < 1.29 is 38.3 Å². The number of Topliss-reactive ketones (excluding diaryl/α,β-unsaturated/α-hetero) is 1. The van der Waals surface area contributed by atoms with E-state index in [2.05, 4.69) is 7.05 Å². The Kier molecular flexibility index (Phi) is 4.82. The summed E-state index contributed by atoms with van der Waals surface area (Å²) in [5.74, 6) is 1.23. The van der Waals surface area contributed by atoms with Crippen LogP contribution in [0.4, 0.5) is 10.5 Å². The van der Waals surface area contributed by atoms with Crippen molar-refractivity contribution in [3.8, 4) is 17.2 Å². The highest BCUT2D eigenvalue weighted by atomic mass is 16.7. The molecule has 0 aromatic heterocycles. The Morgan fingerprint density at radius 3 is 2.66 bits per heavy atom. The molecule has 1 spiro atoms. The van der Waals surface area contributed by atoms with Gasteiger partial charge in [-0.2, -0.15) is 0 Å². The maximum Gasteiger partial charge on any atom is 0.519 e. The van der Waals surface area contributed by atoms with Gasteiger partial charge in [-0.05, 0) is 43.0 Å². The van der Waals surface area contributed by atoms with Gasteiger partial charge in [0, 0.05) is 42.9 Å². The summed E-state index contributed by atoms with van der Waals surface area (Å²) in [6, 6.07) is 8.63. The van der Waals surface area contributed by atoms with Crippen LogP contribution in [-0.2, 0) is 16.6 Å². The molecule has 2 bridgehead atoms. The SMILES string of the molecule is C[N@@+]1(CC2CC2)CC[C@]23c4c5ccc(OC(=O)Oc6ccc([N+](=O)[O-])cc6)c4O[C@H]2C(=O)CC[C@@]3(O)C1C5. The number of nitrogens with zero attached hydrogens (tertiary/aromatic N) is 2. The number of likely N-dealkylation sites (tertiary alicyclic amines) is 1. The number of ketones is 1. The highest BCUT2D eigenvalue weighted by molar-refractivity contribution is 5.90.